The molecule has 1 aliphatic rings. The van der Waals surface area contributed by atoms with E-state index in [4.69, 9.17) is 16.3 Å². The molecular formula is C31H39ClF3N3O5. The Balaban J connectivity index is 0.000000821. The van der Waals surface area contributed by atoms with Crippen molar-refractivity contribution in [1.29, 1.82) is 0 Å². The number of methoxy groups -OCH3 is 1. The minimum atomic E-state index is -4.85. The van der Waals surface area contributed by atoms with Crippen LogP contribution in [0.5, 0.6) is 11.5 Å². The first kappa shape index (κ1) is 35.6. The number of amides is 2. The van der Waals surface area contributed by atoms with Crippen LogP contribution in [0.3, 0.4) is 0 Å². The van der Waals surface area contributed by atoms with Gasteiger partial charge in [0.1, 0.15) is 0 Å². The van der Waals surface area contributed by atoms with Crippen molar-refractivity contribution in [3.05, 3.63) is 53.6 Å². The second kappa shape index (κ2) is 17.5. The topological polar surface area (TPSA) is 97.3 Å². The lowest BCUT2D eigenvalue weighted by atomic mass is 9.89. The molecule has 0 radical (unpaired) electrons. The minimum absolute atomic E-state index is 0.0438. The molecular weight excluding hydrogens is 587 g/mol. The molecule has 2 aromatic carbocycles. The number of hydrazone groups is 1. The van der Waals surface area contributed by atoms with Gasteiger partial charge in [0.25, 0.3) is 0 Å². The third kappa shape index (κ3) is 12.3. The molecule has 8 nitrogen and oxygen atoms in total. The van der Waals surface area contributed by atoms with E-state index in [1.807, 2.05) is 32.9 Å². The van der Waals surface area contributed by atoms with Crippen LogP contribution >= 0.6 is 11.6 Å². The maximum absolute atomic E-state index is 12.8. The van der Waals surface area contributed by atoms with Crippen LogP contribution in [0.2, 0.25) is 0 Å². The summed E-state index contributed by atoms with van der Waals surface area (Å²) in [5, 5.41) is 8.57. The number of halogens is 4. The maximum atomic E-state index is 12.8. The molecule has 0 bridgehead atoms. The summed E-state index contributed by atoms with van der Waals surface area (Å²) in [6.07, 6.45) is 0.724. The minimum Gasteiger partial charge on any atom is -0.493 e. The van der Waals surface area contributed by atoms with E-state index < -0.39 is 12.1 Å². The van der Waals surface area contributed by atoms with Gasteiger partial charge in [-0.15, -0.1) is 13.2 Å². The number of nitrogens with one attached hydrogen (secondary N) is 1. The SMILES string of the molecule is CCCCC(=O)Cl.CCCCC(=O)Nc1ccc(CN2N=C(c3ccc(OC(F)(F)F)c(OC)c3)C(CC)CC2=O)cc1. The van der Waals surface area contributed by atoms with Crippen molar-refractivity contribution in [1.82, 2.24) is 5.01 Å². The van der Waals surface area contributed by atoms with Crippen LogP contribution in [0, 0.1) is 5.92 Å². The van der Waals surface area contributed by atoms with E-state index in [-0.39, 0.29) is 41.7 Å². The van der Waals surface area contributed by atoms with Gasteiger partial charge in [0.2, 0.25) is 17.1 Å². The number of alkyl halides is 3. The Kier molecular flexibility index (Phi) is 14.5. The Morgan fingerprint density at radius 2 is 1.67 bits per heavy atom. The predicted molar refractivity (Wildman–Crippen MR) is 160 cm³/mol. The average molecular weight is 626 g/mol. The molecule has 3 rings (SSSR count). The molecule has 1 aliphatic heterocycles. The van der Waals surface area contributed by atoms with Gasteiger partial charge in [0, 0.05) is 36.4 Å². The standard InChI is InChI=1S/C26H30F3N3O4.C5H9ClO/c1-4-6-7-23(33)30-20-11-8-17(9-12-20)16-32-24(34)15-18(5-2)25(31-32)19-10-13-21(22(14-19)35-3)36-26(27,28)29;1-2-3-4-5(6)7/h8-14,18H,4-7,15-16H2,1-3H3,(H,30,33);2-4H2,1H3. The van der Waals surface area contributed by atoms with Gasteiger partial charge in [-0.25, -0.2) is 5.01 Å². The van der Waals surface area contributed by atoms with E-state index in [1.165, 1.54) is 30.3 Å². The first-order valence-corrected chi connectivity index (χ1v) is 14.7. The highest BCUT2D eigenvalue weighted by molar-refractivity contribution is 6.63. The molecule has 1 heterocycles. The van der Waals surface area contributed by atoms with Crippen molar-refractivity contribution < 1.29 is 37.0 Å². The van der Waals surface area contributed by atoms with E-state index in [9.17, 15) is 27.6 Å². The zero-order chi connectivity index (χ0) is 32.0. The number of hydrogen-bond donors (Lipinski definition) is 1. The number of carbonyl (C=O) groups is 3. The second-order valence-electron chi connectivity index (χ2n) is 9.97. The monoisotopic (exact) mass is 625 g/mol. The number of benzene rings is 2. The first-order chi connectivity index (χ1) is 20.4. The molecule has 1 unspecified atom stereocenters. The summed E-state index contributed by atoms with van der Waals surface area (Å²) >= 11 is 5.02. The molecule has 236 valence electrons. The van der Waals surface area contributed by atoms with Crippen LogP contribution in [0.1, 0.15) is 83.3 Å². The number of unbranched alkanes of at least 4 members (excludes halogenated alkanes) is 2. The van der Waals surface area contributed by atoms with E-state index in [0.29, 0.717) is 36.2 Å². The van der Waals surface area contributed by atoms with Gasteiger partial charge in [-0.2, -0.15) is 5.10 Å². The lowest BCUT2D eigenvalue weighted by molar-refractivity contribution is -0.275. The molecule has 43 heavy (non-hydrogen) atoms. The van der Waals surface area contributed by atoms with E-state index in [1.54, 1.807) is 12.1 Å². The Hall–Kier alpha value is -3.60. The van der Waals surface area contributed by atoms with Crippen LogP contribution in [0.25, 0.3) is 0 Å². The fourth-order valence-corrected chi connectivity index (χ4v) is 4.35. The van der Waals surface area contributed by atoms with Gasteiger partial charge in [-0.1, -0.05) is 45.7 Å². The van der Waals surface area contributed by atoms with Gasteiger partial charge in [-0.05, 0) is 66.8 Å². The van der Waals surface area contributed by atoms with E-state index in [0.717, 1.165) is 31.2 Å². The quantitative estimate of drug-likeness (QED) is 0.229. The molecule has 1 atom stereocenters. The van der Waals surface area contributed by atoms with Crippen LogP contribution in [0.4, 0.5) is 18.9 Å². The Labute approximate surface area is 255 Å². The molecule has 0 aromatic heterocycles. The maximum Gasteiger partial charge on any atom is 0.573 e. The molecule has 0 saturated heterocycles. The molecule has 2 amide bonds. The fourth-order valence-electron chi connectivity index (χ4n) is 4.21. The highest BCUT2D eigenvalue weighted by Gasteiger charge is 2.34. The highest BCUT2D eigenvalue weighted by Crippen LogP contribution is 2.35. The van der Waals surface area contributed by atoms with Crippen LogP contribution in [0.15, 0.2) is 47.6 Å². The largest absolute Gasteiger partial charge is 0.573 e. The van der Waals surface area contributed by atoms with Crippen LogP contribution in [-0.4, -0.2) is 41.2 Å². The van der Waals surface area contributed by atoms with Crippen molar-refractivity contribution in [2.24, 2.45) is 11.0 Å². The molecule has 2 aromatic rings. The predicted octanol–water partition coefficient (Wildman–Crippen LogP) is 7.83. The zero-order valence-electron chi connectivity index (χ0n) is 24.9. The van der Waals surface area contributed by atoms with Crippen LogP contribution in [-0.2, 0) is 20.9 Å². The zero-order valence-corrected chi connectivity index (χ0v) is 25.7. The first-order valence-electron chi connectivity index (χ1n) is 14.3. The summed E-state index contributed by atoms with van der Waals surface area (Å²) < 4.78 is 47.2. The Bertz CT molecular complexity index is 1250. The highest BCUT2D eigenvalue weighted by atomic mass is 35.5. The van der Waals surface area contributed by atoms with Crippen molar-refractivity contribution in [3.8, 4) is 11.5 Å². The molecule has 1 N–H and O–H groups in total. The molecule has 0 saturated carbocycles. The van der Waals surface area contributed by atoms with Gasteiger partial charge < -0.3 is 14.8 Å². The lowest BCUT2D eigenvalue weighted by Crippen LogP contribution is -2.36. The number of carbonyl (C=O) groups excluding carboxylic acids is 3. The van der Waals surface area contributed by atoms with Gasteiger partial charge in [-0.3, -0.25) is 14.4 Å². The summed E-state index contributed by atoms with van der Waals surface area (Å²) in [7, 11) is 1.26. The number of ether oxygens (including phenoxy) is 2. The van der Waals surface area contributed by atoms with Crippen LogP contribution < -0.4 is 14.8 Å². The number of nitrogens with zero attached hydrogens (tertiary/aromatic N) is 2. The Morgan fingerprint density at radius 3 is 2.21 bits per heavy atom. The summed E-state index contributed by atoms with van der Waals surface area (Å²) in [6, 6.07) is 11.3. The average Bonchev–Trinajstić information content (AvgIpc) is 2.96. The molecule has 0 spiro atoms. The smallest absolute Gasteiger partial charge is 0.493 e. The molecule has 12 heteroatoms. The van der Waals surface area contributed by atoms with E-state index in [2.05, 4.69) is 15.2 Å². The van der Waals surface area contributed by atoms with Crippen molar-refractivity contribution in [2.75, 3.05) is 12.4 Å². The normalized spacial score (nSPS) is 14.8. The van der Waals surface area contributed by atoms with E-state index >= 15 is 0 Å². The van der Waals surface area contributed by atoms with Crippen molar-refractivity contribution in [3.63, 3.8) is 0 Å². The number of anilines is 1. The Morgan fingerprint density at radius 1 is 1.02 bits per heavy atom. The van der Waals surface area contributed by atoms with Gasteiger partial charge in [0.15, 0.2) is 11.5 Å². The number of hydrogen-bond acceptors (Lipinski definition) is 6. The second-order valence-corrected chi connectivity index (χ2v) is 10.4. The summed E-state index contributed by atoms with van der Waals surface area (Å²) in [4.78, 5) is 34.7. The van der Waals surface area contributed by atoms with Gasteiger partial charge in [0.05, 0.1) is 19.4 Å². The third-order valence-electron chi connectivity index (χ3n) is 6.56. The molecule has 0 fully saturated rings. The fraction of sp³-hybridized carbons (Fsp3) is 0.484. The number of rotatable bonds is 13. The van der Waals surface area contributed by atoms with Gasteiger partial charge >= 0.3 is 6.36 Å². The summed E-state index contributed by atoms with van der Waals surface area (Å²) in [5.74, 6) is -0.909. The third-order valence-corrected chi connectivity index (χ3v) is 6.75. The van der Waals surface area contributed by atoms with Crippen molar-refractivity contribution >= 4 is 40.1 Å². The summed E-state index contributed by atoms with van der Waals surface area (Å²) in [5.41, 5.74) is 2.64. The lowest BCUT2D eigenvalue weighted by Gasteiger charge is -2.29. The molecule has 0 aliphatic carbocycles. The van der Waals surface area contributed by atoms with Crippen molar-refractivity contribution in [2.45, 2.75) is 85.0 Å². The summed E-state index contributed by atoms with van der Waals surface area (Å²) in [6.45, 7) is 6.19.